The van der Waals surface area contributed by atoms with Gasteiger partial charge in [0.15, 0.2) is 0 Å². The molecule has 2 fully saturated rings. The van der Waals surface area contributed by atoms with E-state index in [9.17, 15) is 18.0 Å². The van der Waals surface area contributed by atoms with Crippen molar-refractivity contribution in [3.8, 4) is 0 Å². The van der Waals surface area contributed by atoms with E-state index in [1.165, 1.54) is 4.31 Å². The average Bonchev–Trinajstić information content (AvgIpc) is 3.64. The van der Waals surface area contributed by atoms with Crippen LogP contribution in [-0.4, -0.2) is 92.9 Å². The SMILES string of the molecule is O=C(NCCN1CCOCC1)[C@@H](Cc1ccccc1)N(Cc1ccc(Cl)cc1)C(=O)CCc1ccc(S(=O)(=O)N2CCCC2)cc1. The summed E-state index contributed by atoms with van der Waals surface area (Å²) in [4.78, 5) is 32.1. The molecule has 3 aromatic rings. The van der Waals surface area contributed by atoms with E-state index in [1.54, 1.807) is 41.3 Å². The second-order valence-corrected chi connectivity index (χ2v) is 14.2. The average molecular weight is 667 g/mol. The second kappa shape index (κ2) is 16.5. The van der Waals surface area contributed by atoms with E-state index in [1.807, 2.05) is 42.5 Å². The van der Waals surface area contributed by atoms with Crippen LogP contribution in [0.4, 0.5) is 0 Å². The van der Waals surface area contributed by atoms with Crippen molar-refractivity contribution in [3.05, 3.63) is 101 Å². The van der Waals surface area contributed by atoms with Crippen LogP contribution in [0.3, 0.4) is 0 Å². The Morgan fingerprint density at radius 2 is 1.50 bits per heavy atom. The van der Waals surface area contributed by atoms with Gasteiger partial charge >= 0.3 is 0 Å². The molecule has 11 heteroatoms. The number of hydrogen-bond donors (Lipinski definition) is 1. The summed E-state index contributed by atoms with van der Waals surface area (Å²) in [5.74, 6) is -0.358. The third kappa shape index (κ3) is 9.39. The van der Waals surface area contributed by atoms with Gasteiger partial charge in [-0.15, -0.1) is 0 Å². The van der Waals surface area contributed by atoms with Gasteiger partial charge in [0, 0.05) is 63.7 Å². The Balaban J connectivity index is 1.32. The summed E-state index contributed by atoms with van der Waals surface area (Å²) in [6.07, 6.45) is 2.70. The largest absolute Gasteiger partial charge is 0.379 e. The molecule has 1 N–H and O–H groups in total. The van der Waals surface area contributed by atoms with E-state index >= 15 is 0 Å². The zero-order valence-electron chi connectivity index (χ0n) is 26.2. The van der Waals surface area contributed by atoms with Crippen LogP contribution in [-0.2, 0) is 43.7 Å². The number of rotatable bonds is 14. The molecular formula is C35H43ClN4O5S. The fraction of sp³-hybridized carbons (Fsp3) is 0.429. The summed E-state index contributed by atoms with van der Waals surface area (Å²) in [6.45, 7) is 5.56. The van der Waals surface area contributed by atoms with Crippen molar-refractivity contribution >= 4 is 33.4 Å². The van der Waals surface area contributed by atoms with E-state index in [2.05, 4.69) is 10.2 Å². The molecule has 0 spiro atoms. The number of nitrogens with one attached hydrogen (secondary N) is 1. The van der Waals surface area contributed by atoms with Gasteiger partial charge in [0.05, 0.1) is 18.1 Å². The van der Waals surface area contributed by atoms with Gasteiger partial charge in [-0.1, -0.05) is 66.2 Å². The minimum atomic E-state index is -3.51. The number of benzene rings is 3. The molecule has 46 heavy (non-hydrogen) atoms. The molecule has 0 radical (unpaired) electrons. The molecule has 5 rings (SSSR count). The predicted molar refractivity (Wildman–Crippen MR) is 179 cm³/mol. The molecule has 0 bridgehead atoms. The van der Waals surface area contributed by atoms with Crippen LogP contribution in [0.5, 0.6) is 0 Å². The molecule has 0 aromatic heterocycles. The number of hydrogen-bond acceptors (Lipinski definition) is 6. The van der Waals surface area contributed by atoms with Gasteiger partial charge < -0.3 is 15.0 Å². The molecular weight excluding hydrogens is 624 g/mol. The van der Waals surface area contributed by atoms with Gasteiger partial charge in [0.25, 0.3) is 0 Å². The molecule has 3 aromatic carbocycles. The van der Waals surface area contributed by atoms with Gasteiger partial charge in [-0.3, -0.25) is 14.5 Å². The van der Waals surface area contributed by atoms with Gasteiger partial charge in [0.1, 0.15) is 6.04 Å². The Labute approximate surface area is 277 Å². The topological polar surface area (TPSA) is 99.3 Å². The Morgan fingerprint density at radius 1 is 0.848 bits per heavy atom. The van der Waals surface area contributed by atoms with Crippen LogP contribution < -0.4 is 5.32 Å². The highest BCUT2D eigenvalue weighted by molar-refractivity contribution is 7.89. The third-order valence-corrected chi connectivity index (χ3v) is 10.8. The molecule has 1 atom stereocenters. The van der Waals surface area contributed by atoms with Crippen LogP contribution in [0, 0.1) is 0 Å². The molecule has 2 saturated heterocycles. The van der Waals surface area contributed by atoms with Crippen molar-refractivity contribution in [1.29, 1.82) is 0 Å². The summed E-state index contributed by atoms with van der Waals surface area (Å²) in [5.41, 5.74) is 2.68. The number of carbonyl (C=O) groups is 2. The first-order valence-corrected chi connectivity index (χ1v) is 17.9. The van der Waals surface area contributed by atoms with Crippen LogP contribution in [0.2, 0.25) is 5.02 Å². The van der Waals surface area contributed by atoms with E-state index in [4.69, 9.17) is 16.3 Å². The maximum absolute atomic E-state index is 14.0. The number of nitrogens with zero attached hydrogens (tertiary/aromatic N) is 3. The number of amides is 2. The van der Waals surface area contributed by atoms with Crippen molar-refractivity contribution < 1.29 is 22.7 Å². The number of sulfonamides is 1. The molecule has 9 nitrogen and oxygen atoms in total. The van der Waals surface area contributed by atoms with Crippen molar-refractivity contribution in [2.24, 2.45) is 0 Å². The molecule has 0 unspecified atom stereocenters. The first-order chi connectivity index (χ1) is 22.3. The smallest absolute Gasteiger partial charge is 0.243 e. The fourth-order valence-electron chi connectivity index (χ4n) is 5.92. The lowest BCUT2D eigenvalue weighted by atomic mass is 10.0. The normalized spacial score (nSPS) is 16.6. The van der Waals surface area contributed by atoms with E-state index in [0.29, 0.717) is 57.3 Å². The molecule has 246 valence electrons. The second-order valence-electron chi connectivity index (χ2n) is 11.9. The Morgan fingerprint density at radius 3 is 2.17 bits per heavy atom. The molecule has 0 saturated carbocycles. The number of ether oxygens (including phenoxy) is 1. The summed E-state index contributed by atoms with van der Waals surface area (Å²) >= 11 is 6.15. The van der Waals surface area contributed by atoms with E-state index in [-0.39, 0.29) is 29.7 Å². The van der Waals surface area contributed by atoms with Gasteiger partial charge in [0.2, 0.25) is 21.8 Å². The van der Waals surface area contributed by atoms with Crippen molar-refractivity contribution in [2.45, 2.75) is 49.6 Å². The van der Waals surface area contributed by atoms with Crippen LogP contribution in [0.1, 0.15) is 36.0 Å². The lowest BCUT2D eigenvalue weighted by Crippen LogP contribution is -2.52. The zero-order valence-corrected chi connectivity index (χ0v) is 27.7. The third-order valence-electron chi connectivity index (χ3n) is 8.62. The Hall–Kier alpha value is -3.28. The van der Waals surface area contributed by atoms with Crippen LogP contribution >= 0.6 is 11.6 Å². The highest BCUT2D eigenvalue weighted by Crippen LogP contribution is 2.22. The summed E-state index contributed by atoms with van der Waals surface area (Å²) in [7, 11) is -3.51. The molecule has 2 amide bonds. The van der Waals surface area contributed by atoms with Crippen molar-refractivity contribution in [1.82, 2.24) is 19.4 Å². The highest BCUT2D eigenvalue weighted by Gasteiger charge is 2.31. The molecule has 0 aliphatic carbocycles. The summed E-state index contributed by atoms with van der Waals surface area (Å²) in [5, 5.41) is 3.70. The quantitative estimate of drug-likeness (QED) is 0.278. The maximum atomic E-state index is 14.0. The van der Waals surface area contributed by atoms with Gasteiger partial charge in [-0.25, -0.2) is 8.42 Å². The lowest BCUT2D eigenvalue weighted by Gasteiger charge is -2.32. The molecule has 2 heterocycles. The number of carbonyl (C=O) groups excluding carboxylic acids is 2. The number of halogens is 1. The van der Waals surface area contributed by atoms with E-state index < -0.39 is 16.1 Å². The van der Waals surface area contributed by atoms with Crippen LogP contribution in [0.15, 0.2) is 83.8 Å². The maximum Gasteiger partial charge on any atom is 0.243 e. The summed E-state index contributed by atoms with van der Waals surface area (Å²) < 4.78 is 32.9. The number of morpholine rings is 1. The predicted octanol–water partition coefficient (Wildman–Crippen LogP) is 4.15. The highest BCUT2D eigenvalue weighted by atomic mass is 35.5. The van der Waals surface area contributed by atoms with Gasteiger partial charge in [-0.05, 0) is 60.2 Å². The first-order valence-electron chi connectivity index (χ1n) is 16.0. The zero-order chi connectivity index (χ0) is 32.4. The van der Waals surface area contributed by atoms with Crippen molar-refractivity contribution in [2.75, 3.05) is 52.5 Å². The standard InChI is InChI=1S/C35H43ClN4O5S/c36-31-13-8-30(9-14-31)27-40(34(41)17-12-28-10-15-32(16-11-28)46(43,44)39-19-4-5-20-39)33(26-29-6-2-1-3-7-29)35(42)37-18-21-38-22-24-45-25-23-38/h1-3,6-11,13-16,33H,4-5,12,17-27H2,(H,37,42)/t33-/m1/s1. The monoisotopic (exact) mass is 666 g/mol. The van der Waals surface area contributed by atoms with E-state index in [0.717, 1.165) is 42.6 Å². The lowest BCUT2D eigenvalue weighted by molar-refractivity contribution is -0.141. The minimum Gasteiger partial charge on any atom is -0.379 e. The summed E-state index contributed by atoms with van der Waals surface area (Å²) in [6, 6.07) is 23.1. The van der Waals surface area contributed by atoms with Crippen LogP contribution in [0.25, 0.3) is 0 Å². The Bertz CT molecular complexity index is 1530. The van der Waals surface area contributed by atoms with Crippen molar-refractivity contribution in [3.63, 3.8) is 0 Å². The fourth-order valence-corrected chi connectivity index (χ4v) is 7.56. The Kier molecular flexibility index (Phi) is 12.2. The number of aryl methyl sites for hydroxylation is 1. The van der Waals surface area contributed by atoms with Gasteiger partial charge in [-0.2, -0.15) is 4.31 Å². The minimum absolute atomic E-state index is 0.159. The molecule has 2 aliphatic heterocycles. The first kappa shape index (κ1) is 34.1. The molecule has 2 aliphatic rings.